The van der Waals surface area contributed by atoms with Crippen molar-refractivity contribution in [2.75, 3.05) is 0 Å². The van der Waals surface area contributed by atoms with Crippen molar-refractivity contribution in [1.29, 1.82) is 0 Å². The van der Waals surface area contributed by atoms with Crippen LogP contribution in [0.15, 0.2) is 29.2 Å². The highest BCUT2D eigenvalue weighted by atomic mass is 35.5. The maximum Gasteiger partial charge on any atom is 0.301 e. The number of benzene rings is 1. The molecule has 7 heteroatoms. The normalized spacial score (nSPS) is 10.9. The van der Waals surface area contributed by atoms with Crippen molar-refractivity contribution in [1.82, 2.24) is 4.72 Å². The first kappa shape index (κ1) is 13.7. The number of Topliss-reactive ketones (excluding diaryl/α,β-unsaturated/α-hetero) is 1. The monoisotopic (exact) mass is 275 g/mol. The van der Waals surface area contributed by atoms with Gasteiger partial charge in [-0.1, -0.05) is 18.5 Å². The first-order valence-electron chi connectivity index (χ1n) is 4.72. The molecule has 0 spiro atoms. The Morgan fingerprint density at radius 1 is 1.24 bits per heavy atom. The highest BCUT2D eigenvalue weighted by Gasteiger charge is 2.21. The summed E-state index contributed by atoms with van der Waals surface area (Å²) in [4.78, 5) is 22.0. The van der Waals surface area contributed by atoms with E-state index in [1.165, 1.54) is 31.2 Å². The minimum absolute atomic E-state index is 0.0536. The van der Waals surface area contributed by atoms with Crippen molar-refractivity contribution in [2.45, 2.75) is 18.2 Å². The van der Waals surface area contributed by atoms with Crippen molar-refractivity contribution in [3.05, 3.63) is 29.3 Å². The van der Waals surface area contributed by atoms with Crippen molar-refractivity contribution in [2.24, 2.45) is 0 Å². The summed E-state index contributed by atoms with van der Waals surface area (Å²) in [6, 6.07) is 5.24. The third-order valence-corrected chi connectivity index (χ3v) is 3.52. The van der Waals surface area contributed by atoms with Crippen LogP contribution in [0.1, 0.15) is 13.3 Å². The minimum Gasteiger partial charge on any atom is -0.289 e. The Bertz CT molecular complexity index is 536. The molecule has 0 unspecified atom stereocenters. The molecular weight excluding hydrogens is 266 g/mol. The predicted octanol–water partition coefficient (Wildman–Crippen LogP) is 1.12. The molecule has 5 nitrogen and oxygen atoms in total. The molecule has 0 saturated heterocycles. The summed E-state index contributed by atoms with van der Waals surface area (Å²) in [5.41, 5.74) is 0. The molecule has 0 saturated carbocycles. The van der Waals surface area contributed by atoms with Gasteiger partial charge in [0.25, 0.3) is 10.0 Å². The Labute approximate surface area is 104 Å². The first-order chi connectivity index (χ1) is 7.86. The number of hydrogen-bond acceptors (Lipinski definition) is 4. The molecular formula is C10H10ClNO4S. The summed E-state index contributed by atoms with van der Waals surface area (Å²) >= 11 is 5.60. The molecule has 1 amide bonds. The summed E-state index contributed by atoms with van der Waals surface area (Å²) < 4.78 is 25.0. The van der Waals surface area contributed by atoms with Gasteiger partial charge < -0.3 is 0 Å². The number of carbonyl (C=O) groups is 2. The zero-order valence-electron chi connectivity index (χ0n) is 8.94. The van der Waals surface area contributed by atoms with Crippen LogP contribution in [-0.4, -0.2) is 20.1 Å². The standard InChI is InChI=1S/C10H10ClNO4S/c1-2-9(13)10(14)12-17(15,16)8-5-3-7(11)4-6-8/h3-6H,2H2,1H3,(H,12,14). The van der Waals surface area contributed by atoms with E-state index in [-0.39, 0.29) is 11.3 Å². The lowest BCUT2D eigenvalue weighted by Crippen LogP contribution is -2.35. The van der Waals surface area contributed by atoms with Crippen molar-refractivity contribution >= 4 is 33.3 Å². The zero-order valence-corrected chi connectivity index (χ0v) is 10.5. The van der Waals surface area contributed by atoms with E-state index in [9.17, 15) is 18.0 Å². The van der Waals surface area contributed by atoms with Crippen molar-refractivity contribution < 1.29 is 18.0 Å². The van der Waals surface area contributed by atoms with E-state index in [1.54, 1.807) is 4.72 Å². The summed E-state index contributed by atoms with van der Waals surface area (Å²) in [6.07, 6.45) is -0.0536. The number of ketones is 1. The van der Waals surface area contributed by atoms with Gasteiger partial charge in [-0.25, -0.2) is 13.1 Å². The number of rotatable bonds is 4. The lowest BCUT2D eigenvalue weighted by atomic mass is 10.3. The van der Waals surface area contributed by atoms with Gasteiger partial charge in [0.15, 0.2) is 0 Å². The minimum atomic E-state index is -4.01. The van der Waals surface area contributed by atoms with Crippen LogP contribution in [0.2, 0.25) is 5.02 Å². The van der Waals surface area contributed by atoms with E-state index >= 15 is 0 Å². The molecule has 0 bridgehead atoms. The average molecular weight is 276 g/mol. The largest absolute Gasteiger partial charge is 0.301 e. The first-order valence-corrected chi connectivity index (χ1v) is 6.58. The predicted molar refractivity (Wildman–Crippen MR) is 62.1 cm³/mol. The van der Waals surface area contributed by atoms with E-state index in [2.05, 4.69) is 0 Å². The van der Waals surface area contributed by atoms with Crippen LogP contribution in [0.3, 0.4) is 0 Å². The number of hydrogen-bond donors (Lipinski definition) is 1. The highest BCUT2D eigenvalue weighted by molar-refractivity contribution is 7.90. The van der Waals surface area contributed by atoms with E-state index in [0.29, 0.717) is 5.02 Å². The molecule has 0 aliphatic heterocycles. The van der Waals surface area contributed by atoms with Crippen LogP contribution in [0.25, 0.3) is 0 Å². The quantitative estimate of drug-likeness (QED) is 0.835. The number of carbonyl (C=O) groups excluding carboxylic acids is 2. The van der Waals surface area contributed by atoms with E-state index in [4.69, 9.17) is 11.6 Å². The molecule has 1 rings (SSSR count). The smallest absolute Gasteiger partial charge is 0.289 e. The van der Waals surface area contributed by atoms with Gasteiger partial charge in [-0.2, -0.15) is 0 Å². The Morgan fingerprint density at radius 2 is 1.76 bits per heavy atom. The third kappa shape index (κ3) is 3.54. The Hall–Kier alpha value is -1.40. The second-order valence-corrected chi connectivity index (χ2v) is 5.28. The number of nitrogens with one attached hydrogen (secondary N) is 1. The second-order valence-electron chi connectivity index (χ2n) is 3.17. The summed E-state index contributed by atoms with van der Waals surface area (Å²) in [5.74, 6) is -1.93. The van der Waals surface area contributed by atoms with Gasteiger partial charge >= 0.3 is 5.91 Å². The molecule has 92 valence electrons. The molecule has 0 aliphatic rings. The topological polar surface area (TPSA) is 80.3 Å². The van der Waals surface area contributed by atoms with Gasteiger partial charge in [-0.15, -0.1) is 0 Å². The number of sulfonamides is 1. The molecule has 0 fully saturated rings. The molecule has 0 aromatic heterocycles. The van der Waals surface area contributed by atoms with Gasteiger partial charge in [-0.05, 0) is 24.3 Å². The van der Waals surface area contributed by atoms with E-state index < -0.39 is 21.7 Å². The number of amides is 1. The molecule has 0 heterocycles. The highest BCUT2D eigenvalue weighted by Crippen LogP contribution is 2.13. The van der Waals surface area contributed by atoms with Gasteiger partial charge in [0.2, 0.25) is 5.78 Å². The zero-order chi connectivity index (χ0) is 13.1. The maximum atomic E-state index is 11.6. The van der Waals surface area contributed by atoms with Crippen LogP contribution < -0.4 is 4.72 Å². The molecule has 1 aromatic carbocycles. The lowest BCUT2D eigenvalue weighted by molar-refractivity contribution is -0.136. The maximum absolute atomic E-state index is 11.6. The van der Waals surface area contributed by atoms with Crippen LogP contribution in [0.4, 0.5) is 0 Å². The molecule has 0 atom stereocenters. The Balaban J connectivity index is 2.93. The van der Waals surface area contributed by atoms with E-state index in [0.717, 1.165) is 0 Å². The fourth-order valence-electron chi connectivity index (χ4n) is 1.01. The molecule has 0 aliphatic carbocycles. The third-order valence-electron chi connectivity index (χ3n) is 1.93. The van der Waals surface area contributed by atoms with Crippen LogP contribution in [-0.2, 0) is 19.6 Å². The Morgan fingerprint density at radius 3 is 2.24 bits per heavy atom. The molecule has 17 heavy (non-hydrogen) atoms. The second kappa shape index (κ2) is 5.29. The Kier molecular flexibility index (Phi) is 4.25. The average Bonchev–Trinajstić information content (AvgIpc) is 2.27. The van der Waals surface area contributed by atoms with Crippen LogP contribution in [0, 0.1) is 0 Å². The lowest BCUT2D eigenvalue weighted by Gasteiger charge is -2.05. The van der Waals surface area contributed by atoms with Gasteiger partial charge in [-0.3, -0.25) is 9.59 Å². The molecule has 1 aromatic rings. The van der Waals surface area contributed by atoms with Crippen LogP contribution in [0.5, 0.6) is 0 Å². The SMILES string of the molecule is CCC(=O)C(=O)NS(=O)(=O)c1ccc(Cl)cc1. The molecule has 1 N–H and O–H groups in total. The van der Waals surface area contributed by atoms with Gasteiger partial charge in [0, 0.05) is 11.4 Å². The molecule has 0 radical (unpaired) electrons. The summed E-state index contributed by atoms with van der Waals surface area (Å²) in [5, 5.41) is 0.375. The summed E-state index contributed by atoms with van der Waals surface area (Å²) in [6.45, 7) is 1.47. The van der Waals surface area contributed by atoms with E-state index in [1.807, 2.05) is 0 Å². The van der Waals surface area contributed by atoms with Gasteiger partial charge in [0.05, 0.1) is 4.90 Å². The summed E-state index contributed by atoms with van der Waals surface area (Å²) in [7, 11) is -4.01. The van der Waals surface area contributed by atoms with Crippen molar-refractivity contribution in [3.8, 4) is 0 Å². The fraction of sp³-hybridized carbons (Fsp3) is 0.200. The van der Waals surface area contributed by atoms with Crippen molar-refractivity contribution in [3.63, 3.8) is 0 Å². The number of halogens is 1. The van der Waals surface area contributed by atoms with Crippen LogP contribution >= 0.6 is 11.6 Å². The van der Waals surface area contributed by atoms with Gasteiger partial charge in [0.1, 0.15) is 0 Å². The fourth-order valence-corrected chi connectivity index (χ4v) is 2.11.